The van der Waals surface area contributed by atoms with Gasteiger partial charge in [-0.05, 0) is 75.6 Å². The maximum atomic E-state index is 16.1. The summed E-state index contributed by atoms with van der Waals surface area (Å²) in [6.07, 6.45) is 4.46. The lowest BCUT2D eigenvalue weighted by Crippen LogP contribution is -2.53. The van der Waals surface area contributed by atoms with Crippen LogP contribution in [0.2, 0.25) is 0 Å². The number of carboxylic acid groups (broad SMARTS) is 1. The number of aromatic carboxylic acids is 1. The van der Waals surface area contributed by atoms with Gasteiger partial charge in [0.25, 0.3) is 0 Å². The number of nitrogens with zero attached hydrogens (tertiary/aromatic N) is 3. The molecule has 3 aromatic carbocycles. The van der Waals surface area contributed by atoms with Crippen molar-refractivity contribution in [2.45, 2.75) is 44.8 Å². The van der Waals surface area contributed by atoms with E-state index in [-0.39, 0.29) is 22.9 Å². The summed E-state index contributed by atoms with van der Waals surface area (Å²) in [6.45, 7) is 4.43. The Bertz CT molecular complexity index is 1510. The minimum atomic E-state index is -1.03. The van der Waals surface area contributed by atoms with Crippen molar-refractivity contribution in [2.75, 3.05) is 16.3 Å². The summed E-state index contributed by atoms with van der Waals surface area (Å²) in [5, 5.41) is 16.7. The quantitative estimate of drug-likeness (QED) is 0.321. The van der Waals surface area contributed by atoms with Gasteiger partial charge in [0.15, 0.2) is 17.4 Å². The summed E-state index contributed by atoms with van der Waals surface area (Å²) in [7, 11) is 0. The molecular formula is C28H26F2N4O3. The molecule has 6 rings (SSSR count). The van der Waals surface area contributed by atoms with Gasteiger partial charge in [-0.25, -0.2) is 13.6 Å². The van der Waals surface area contributed by atoms with Crippen LogP contribution in [0.3, 0.4) is 0 Å². The molecule has 0 unspecified atom stereocenters. The fourth-order valence-corrected chi connectivity index (χ4v) is 5.20. The number of nitrogens with one attached hydrogen (secondary N) is 1. The molecule has 0 amide bonds. The second-order valence-electron chi connectivity index (χ2n) is 10.3. The van der Waals surface area contributed by atoms with Crippen molar-refractivity contribution in [2.24, 2.45) is 0 Å². The van der Waals surface area contributed by atoms with Crippen LogP contribution in [0, 0.1) is 11.6 Å². The molecular weight excluding hydrogens is 478 g/mol. The first-order valence-corrected chi connectivity index (χ1v) is 12.3. The molecule has 7 nitrogen and oxygen atoms in total. The number of aromatic amines is 1. The third-order valence-electron chi connectivity index (χ3n) is 7.24. The van der Waals surface area contributed by atoms with Crippen LogP contribution >= 0.6 is 0 Å². The first-order valence-electron chi connectivity index (χ1n) is 12.3. The van der Waals surface area contributed by atoms with Gasteiger partial charge in [-0.3, -0.25) is 5.10 Å². The summed E-state index contributed by atoms with van der Waals surface area (Å²) in [4.78, 5) is 15.2. The van der Waals surface area contributed by atoms with Crippen LogP contribution in [0.4, 0.5) is 31.5 Å². The zero-order valence-corrected chi connectivity index (χ0v) is 20.5. The lowest BCUT2D eigenvalue weighted by atomic mass is 9.93. The summed E-state index contributed by atoms with van der Waals surface area (Å²) < 4.78 is 36.7. The Morgan fingerprint density at radius 1 is 1.11 bits per heavy atom. The van der Waals surface area contributed by atoms with E-state index in [1.807, 2.05) is 29.7 Å². The third-order valence-corrected chi connectivity index (χ3v) is 7.24. The van der Waals surface area contributed by atoms with E-state index < -0.39 is 23.1 Å². The molecule has 0 radical (unpaired) electrons. The molecule has 1 aromatic heterocycles. The largest absolute Gasteiger partial charge is 0.487 e. The molecule has 2 N–H and O–H groups in total. The van der Waals surface area contributed by atoms with E-state index in [4.69, 9.17) is 4.74 Å². The molecule has 1 aliphatic carbocycles. The molecule has 9 heteroatoms. The van der Waals surface area contributed by atoms with Crippen LogP contribution in [0.25, 0.3) is 10.9 Å². The Labute approximate surface area is 212 Å². The number of fused-ring (bicyclic) bond motifs is 2. The molecule has 0 saturated heterocycles. The van der Waals surface area contributed by atoms with Crippen molar-refractivity contribution >= 4 is 39.6 Å². The Hall–Kier alpha value is -4.14. The zero-order chi connectivity index (χ0) is 25.9. The highest BCUT2D eigenvalue weighted by Gasteiger charge is 2.41. The molecule has 2 heterocycles. The number of aromatic nitrogens is 2. The normalized spacial score (nSPS) is 17.0. The molecule has 0 bridgehead atoms. The molecule has 2 aliphatic rings. The molecule has 0 spiro atoms. The van der Waals surface area contributed by atoms with Crippen LogP contribution in [0.5, 0.6) is 5.75 Å². The summed E-state index contributed by atoms with van der Waals surface area (Å²) in [6, 6.07) is 13.0. The number of anilines is 4. The third kappa shape index (κ3) is 3.85. The standard InChI is InChI=1S/C28H26F2N4O3/c1-28(2)15-33(18-8-6-16(7-9-18)27(35)36)26-22(12-17-14-31-32-25(17)24(26)30)34(28)19-10-11-21(29)23(13-19)37-20-4-3-5-20/h6-14,20H,3-5,15H2,1-2H3,(H,31,32)(H,35,36). The van der Waals surface area contributed by atoms with Crippen molar-refractivity contribution in [1.29, 1.82) is 0 Å². The Morgan fingerprint density at radius 3 is 2.51 bits per heavy atom. The predicted octanol–water partition coefficient (Wildman–Crippen LogP) is 6.54. The lowest BCUT2D eigenvalue weighted by Gasteiger charge is -2.50. The van der Waals surface area contributed by atoms with E-state index in [1.54, 1.807) is 30.5 Å². The number of benzene rings is 3. The summed E-state index contributed by atoms with van der Waals surface area (Å²) in [5.74, 6) is -1.74. The van der Waals surface area contributed by atoms with E-state index in [2.05, 4.69) is 10.2 Å². The van der Waals surface area contributed by atoms with Crippen molar-refractivity contribution in [1.82, 2.24) is 10.2 Å². The van der Waals surface area contributed by atoms with Crippen molar-refractivity contribution in [3.63, 3.8) is 0 Å². The zero-order valence-electron chi connectivity index (χ0n) is 20.5. The van der Waals surface area contributed by atoms with Gasteiger partial charge >= 0.3 is 5.97 Å². The maximum absolute atomic E-state index is 16.1. The summed E-state index contributed by atoms with van der Waals surface area (Å²) in [5.41, 5.74) is 2.11. The monoisotopic (exact) mass is 504 g/mol. The Kier molecular flexibility index (Phi) is 5.33. The minimum Gasteiger partial charge on any atom is -0.487 e. The van der Waals surface area contributed by atoms with Crippen LogP contribution in [0.1, 0.15) is 43.5 Å². The number of hydrogen-bond donors (Lipinski definition) is 2. The first kappa shape index (κ1) is 23.3. The number of rotatable bonds is 5. The summed E-state index contributed by atoms with van der Waals surface area (Å²) >= 11 is 0. The molecule has 1 aliphatic heterocycles. The first-order chi connectivity index (χ1) is 17.7. The number of carboxylic acids is 1. The van der Waals surface area contributed by atoms with Crippen LogP contribution in [-0.2, 0) is 0 Å². The molecule has 190 valence electrons. The van der Waals surface area contributed by atoms with Gasteiger partial charge in [-0.15, -0.1) is 0 Å². The highest BCUT2D eigenvalue weighted by atomic mass is 19.1. The molecule has 4 aromatic rings. The number of H-pyrrole nitrogens is 1. The van der Waals surface area contributed by atoms with Crippen LogP contribution in [-0.4, -0.2) is 39.5 Å². The topological polar surface area (TPSA) is 81.7 Å². The van der Waals surface area contributed by atoms with E-state index in [0.29, 0.717) is 34.7 Å². The SMILES string of the molecule is CC1(C)CN(c2ccc(C(=O)O)cc2)c2c(cc3cn[nH]c3c2F)N1c1ccc(F)c(OC2CCC2)c1. The smallest absolute Gasteiger partial charge is 0.335 e. The number of carbonyl (C=O) groups is 1. The van der Waals surface area contributed by atoms with Crippen LogP contribution < -0.4 is 14.5 Å². The van der Waals surface area contributed by atoms with Gasteiger partial charge in [0, 0.05) is 29.4 Å². The number of hydrogen-bond acceptors (Lipinski definition) is 5. The molecule has 0 atom stereocenters. The molecule has 37 heavy (non-hydrogen) atoms. The fraction of sp³-hybridized carbons (Fsp3) is 0.286. The van der Waals surface area contributed by atoms with Crippen LogP contribution in [0.15, 0.2) is 54.7 Å². The minimum absolute atomic E-state index is 0.0127. The van der Waals surface area contributed by atoms with E-state index in [9.17, 15) is 14.3 Å². The van der Waals surface area contributed by atoms with E-state index in [0.717, 1.165) is 19.3 Å². The van der Waals surface area contributed by atoms with Gasteiger partial charge in [0.1, 0.15) is 11.2 Å². The van der Waals surface area contributed by atoms with Gasteiger partial charge in [-0.1, -0.05) is 0 Å². The average molecular weight is 505 g/mol. The average Bonchev–Trinajstić information content (AvgIpc) is 3.31. The van der Waals surface area contributed by atoms with Crippen molar-refractivity contribution in [3.05, 3.63) is 71.9 Å². The Morgan fingerprint density at radius 2 is 1.84 bits per heavy atom. The second kappa shape index (κ2) is 8.47. The van der Waals surface area contributed by atoms with Gasteiger partial charge in [0.2, 0.25) is 0 Å². The lowest BCUT2D eigenvalue weighted by molar-refractivity contribution is 0.0697. The number of ether oxygens (including phenoxy) is 1. The van der Waals surface area contributed by atoms with Gasteiger partial charge in [0.05, 0.1) is 29.1 Å². The number of halogens is 2. The van der Waals surface area contributed by atoms with Crippen molar-refractivity contribution in [3.8, 4) is 5.75 Å². The highest BCUT2D eigenvalue weighted by Crippen LogP contribution is 2.50. The molecule has 1 fully saturated rings. The highest BCUT2D eigenvalue weighted by molar-refractivity contribution is 5.96. The van der Waals surface area contributed by atoms with Crippen molar-refractivity contribution < 1.29 is 23.4 Å². The van der Waals surface area contributed by atoms with E-state index >= 15 is 4.39 Å². The maximum Gasteiger partial charge on any atom is 0.335 e. The predicted molar refractivity (Wildman–Crippen MR) is 137 cm³/mol. The Balaban J connectivity index is 1.52. The van der Waals surface area contributed by atoms with E-state index in [1.165, 1.54) is 18.2 Å². The van der Waals surface area contributed by atoms with Gasteiger partial charge in [-0.2, -0.15) is 5.10 Å². The second-order valence-corrected chi connectivity index (χ2v) is 10.3. The molecule has 1 saturated carbocycles. The van der Waals surface area contributed by atoms with Gasteiger partial charge < -0.3 is 19.6 Å². The fourth-order valence-electron chi connectivity index (χ4n) is 5.20.